The number of aliphatic carboxylic acids is 1. The standard InChI is InChI=1S/C18H13BrFNO2S2/c1-10-2-5-15-14(6-10)21(18(24)16(25-15)8-17(22)23)9-11-3-4-12(19)7-13(11)20/h2-8H,9H2,1H3,(H,22,23). The molecule has 3 rings (SSSR count). The van der Waals surface area contributed by atoms with Gasteiger partial charge in [-0.05, 0) is 36.8 Å². The lowest BCUT2D eigenvalue weighted by molar-refractivity contribution is -0.131. The summed E-state index contributed by atoms with van der Waals surface area (Å²) in [5.41, 5.74) is 2.40. The molecular formula is C18H13BrFNO2S2. The predicted molar refractivity (Wildman–Crippen MR) is 106 cm³/mol. The zero-order valence-electron chi connectivity index (χ0n) is 13.1. The van der Waals surface area contributed by atoms with E-state index in [0.29, 0.717) is 19.9 Å². The number of halogens is 2. The summed E-state index contributed by atoms with van der Waals surface area (Å²) in [6, 6.07) is 10.7. The Morgan fingerprint density at radius 2 is 2.12 bits per heavy atom. The number of hydrogen-bond acceptors (Lipinski definition) is 3. The van der Waals surface area contributed by atoms with Crippen LogP contribution >= 0.6 is 39.9 Å². The Morgan fingerprint density at radius 1 is 1.36 bits per heavy atom. The predicted octanol–water partition coefficient (Wildman–Crippen LogP) is 5.30. The summed E-state index contributed by atoms with van der Waals surface area (Å²) in [5, 5.41) is 9.09. The molecule has 0 bridgehead atoms. The molecule has 0 fully saturated rings. The van der Waals surface area contributed by atoms with Gasteiger partial charge >= 0.3 is 5.97 Å². The van der Waals surface area contributed by atoms with Gasteiger partial charge in [-0.25, -0.2) is 9.18 Å². The molecule has 0 spiro atoms. The van der Waals surface area contributed by atoms with Crippen molar-refractivity contribution in [2.75, 3.05) is 4.90 Å². The number of aryl methyl sites for hydroxylation is 1. The Hall–Kier alpha value is -1.70. The smallest absolute Gasteiger partial charge is 0.329 e. The maximum absolute atomic E-state index is 14.3. The molecule has 0 amide bonds. The highest BCUT2D eigenvalue weighted by molar-refractivity contribution is 9.10. The highest BCUT2D eigenvalue weighted by atomic mass is 79.9. The van der Waals surface area contributed by atoms with Gasteiger partial charge in [-0.3, -0.25) is 0 Å². The molecule has 1 heterocycles. The Balaban J connectivity index is 2.07. The molecule has 3 nitrogen and oxygen atoms in total. The normalized spacial score (nSPS) is 15.4. The second kappa shape index (κ2) is 7.27. The van der Waals surface area contributed by atoms with Crippen LogP contribution in [-0.4, -0.2) is 16.1 Å². The number of hydrogen-bond donors (Lipinski definition) is 1. The molecule has 2 aromatic rings. The fraction of sp³-hybridized carbons (Fsp3) is 0.111. The van der Waals surface area contributed by atoms with Gasteiger partial charge in [0.2, 0.25) is 0 Å². The molecule has 0 radical (unpaired) electrons. The summed E-state index contributed by atoms with van der Waals surface area (Å²) in [6.07, 6.45) is 1.10. The number of thiocarbonyl (C=S) groups is 1. The minimum Gasteiger partial charge on any atom is -0.478 e. The van der Waals surface area contributed by atoms with Gasteiger partial charge in [0, 0.05) is 21.0 Å². The van der Waals surface area contributed by atoms with Crippen LogP contribution < -0.4 is 4.90 Å². The Morgan fingerprint density at radius 3 is 2.80 bits per heavy atom. The average molecular weight is 438 g/mol. The van der Waals surface area contributed by atoms with Gasteiger partial charge < -0.3 is 10.0 Å². The fourth-order valence-corrected chi connectivity index (χ4v) is 4.19. The zero-order chi connectivity index (χ0) is 18.1. The van der Waals surface area contributed by atoms with E-state index in [9.17, 15) is 9.18 Å². The topological polar surface area (TPSA) is 40.5 Å². The molecule has 0 unspecified atom stereocenters. The third-order valence-corrected chi connectivity index (χ3v) is 5.84. The summed E-state index contributed by atoms with van der Waals surface area (Å²) in [6.45, 7) is 2.20. The molecule has 1 aliphatic rings. The van der Waals surface area contributed by atoms with Crippen molar-refractivity contribution in [2.24, 2.45) is 0 Å². The van der Waals surface area contributed by atoms with Crippen LogP contribution in [0, 0.1) is 12.7 Å². The lowest BCUT2D eigenvalue weighted by Gasteiger charge is -2.33. The van der Waals surface area contributed by atoms with Crippen LogP contribution in [0.3, 0.4) is 0 Å². The molecule has 0 saturated carbocycles. The van der Waals surface area contributed by atoms with Gasteiger partial charge in [-0.15, -0.1) is 0 Å². The maximum Gasteiger partial charge on any atom is 0.329 e. The molecule has 1 N–H and O–H groups in total. The van der Waals surface area contributed by atoms with Gasteiger partial charge in [-0.2, -0.15) is 0 Å². The minimum absolute atomic E-state index is 0.228. The van der Waals surface area contributed by atoms with E-state index in [0.717, 1.165) is 22.2 Å². The molecule has 0 aliphatic carbocycles. The highest BCUT2D eigenvalue weighted by Crippen LogP contribution is 2.43. The van der Waals surface area contributed by atoms with Crippen molar-refractivity contribution >= 4 is 56.6 Å². The average Bonchev–Trinajstić information content (AvgIpc) is 2.53. The van der Waals surface area contributed by atoms with Gasteiger partial charge in [0.05, 0.1) is 17.1 Å². The Labute approximate surface area is 162 Å². The first-order valence-electron chi connectivity index (χ1n) is 7.34. The van der Waals surface area contributed by atoms with Gasteiger partial charge in [-0.1, -0.05) is 52.0 Å². The van der Waals surface area contributed by atoms with Crippen molar-refractivity contribution in [3.8, 4) is 0 Å². The van der Waals surface area contributed by atoms with E-state index in [2.05, 4.69) is 15.9 Å². The summed E-state index contributed by atoms with van der Waals surface area (Å²) in [7, 11) is 0. The summed E-state index contributed by atoms with van der Waals surface area (Å²) in [5.74, 6) is -1.40. The van der Waals surface area contributed by atoms with Crippen LogP contribution in [0.1, 0.15) is 11.1 Å². The molecule has 0 aromatic heterocycles. The molecule has 1 aliphatic heterocycles. The van der Waals surface area contributed by atoms with Gasteiger partial charge in [0.1, 0.15) is 10.8 Å². The summed E-state index contributed by atoms with van der Waals surface area (Å²) < 4.78 is 14.9. The van der Waals surface area contributed by atoms with Crippen molar-refractivity contribution in [2.45, 2.75) is 18.4 Å². The number of anilines is 1. The fourth-order valence-electron chi connectivity index (χ4n) is 2.51. The van der Waals surface area contributed by atoms with E-state index in [1.165, 1.54) is 17.8 Å². The van der Waals surface area contributed by atoms with Crippen LogP contribution in [0.5, 0.6) is 0 Å². The number of rotatable bonds is 3. The lowest BCUT2D eigenvalue weighted by atomic mass is 10.1. The molecule has 128 valence electrons. The summed E-state index contributed by atoms with van der Waals surface area (Å²) >= 11 is 10.1. The van der Waals surface area contributed by atoms with Crippen LogP contribution in [0.25, 0.3) is 0 Å². The second-order valence-corrected chi connectivity index (χ2v) is 7.93. The van der Waals surface area contributed by atoms with Crippen LogP contribution in [0.2, 0.25) is 0 Å². The van der Waals surface area contributed by atoms with E-state index in [1.807, 2.05) is 25.1 Å². The van der Waals surface area contributed by atoms with Crippen LogP contribution in [-0.2, 0) is 11.3 Å². The molecular weight excluding hydrogens is 425 g/mol. The van der Waals surface area contributed by atoms with E-state index in [4.69, 9.17) is 17.3 Å². The number of carboxylic acid groups (broad SMARTS) is 1. The third-order valence-electron chi connectivity index (χ3n) is 3.68. The van der Waals surface area contributed by atoms with Crippen LogP contribution in [0.15, 0.2) is 56.7 Å². The largest absolute Gasteiger partial charge is 0.478 e. The maximum atomic E-state index is 14.3. The van der Waals surface area contributed by atoms with E-state index >= 15 is 0 Å². The van der Waals surface area contributed by atoms with Crippen molar-refractivity contribution in [1.29, 1.82) is 0 Å². The van der Waals surface area contributed by atoms with Crippen molar-refractivity contribution < 1.29 is 14.3 Å². The van der Waals surface area contributed by atoms with Gasteiger partial charge in [0.25, 0.3) is 0 Å². The first kappa shape index (κ1) is 18.1. The Kier molecular flexibility index (Phi) is 5.27. The molecule has 0 saturated heterocycles. The molecule has 0 atom stereocenters. The van der Waals surface area contributed by atoms with E-state index in [1.54, 1.807) is 17.0 Å². The lowest BCUT2D eigenvalue weighted by Crippen LogP contribution is -2.33. The minimum atomic E-state index is -1.06. The first-order valence-corrected chi connectivity index (χ1v) is 9.36. The van der Waals surface area contributed by atoms with Crippen molar-refractivity contribution in [1.82, 2.24) is 0 Å². The van der Waals surface area contributed by atoms with E-state index in [-0.39, 0.29) is 12.4 Å². The summed E-state index contributed by atoms with van der Waals surface area (Å²) in [4.78, 5) is 14.6. The molecule has 2 aromatic carbocycles. The Bertz CT molecular complexity index is 914. The van der Waals surface area contributed by atoms with Crippen molar-refractivity contribution in [3.05, 3.63) is 68.8 Å². The number of fused-ring (bicyclic) bond motifs is 1. The number of carbonyl (C=O) groups is 1. The third kappa shape index (κ3) is 3.94. The quantitative estimate of drug-likeness (QED) is 0.520. The number of carboxylic acids is 1. The molecule has 7 heteroatoms. The zero-order valence-corrected chi connectivity index (χ0v) is 16.3. The van der Waals surface area contributed by atoms with Gasteiger partial charge in [0.15, 0.2) is 0 Å². The SMILES string of the molecule is Cc1ccc2c(c1)N(Cc1ccc(Br)cc1F)C(=S)C(=CC(=O)O)S2. The molecule has 25 heavy (non-hydrogen) atoms. The number of benzene rings is 2. The monoisotopic (exact) mass is 437 g/mol. The first-order chi connectivity index (χ1) is 11.8. The van der Waals surface area contributed by atoms with Crippen molar-refractivity contribution in [3.63, 3.8) is 0 Å². The second-order valence-electron chi connectivity index (χ2n) is 5.55. The van der Waals surface area contributed by atoms with Crippen LogP contribution in [0.4, 0.5) is 10.1 Å². The number of nitrogens with zero attached hydrogens (tertiary/aromatic N) is 1. The number of thioether (sulfide) groups is 1. The van der Waals surface area contributed by atoms with E-state index < -0.39 is 5.97 Å². The highest BCUT2D eigenvalue weighted by Gasteiger charge is 2.27.